The van der Waals surface area contributed by atoms with E-state index >= 15 is 0 Å². The Morgan fingerprint density at radius 3 is 2.67 bits per heavy atom. The molecule has 2 heterocycles. The summed E-state index contributed by atoms with van der Waals surface area (Å²) in [7, 11) is -3.39. The molecule has 2 aliphatic heterocycles. The quantitative estimate of drug-likeness (QED) is 0.756. The molecule has 2 saturated heterocycles. The largest absolute Gasteiger partial charge is 0.379 e. The summed E-state index contributed by atoms with van der Waals surface area (Å²) in [5.41, 5.74) is 0.952. The van der Waals surface area contributed by atoms with Crippen LogP contribution in [0, 0.1) is 0 Å². The minimum absolute atomic E-state index is 0.0837. The third-order valence-electron chi connectivity index (χ3n) is 5.15. The Kier molecular flexibility index (Phi) is 6.75. The summed E-state index contributed by atoms with van der Waals surface area (Å²) in [5, 5.41) is 3.62. The number of ether oxygens (including phenoxy) is 1. The molecule has 1 aromatic rings. The molecule has 0 bridgehead atoms. The Labute approximate surface area is 165 Å². The van der Waals surface area contributed by atoms with E-state index in [9.17, 15) is 13.2 Å². The zero-order valence-electron chi connectivity index (χ0n) is 15.4. The third-order valence-corrected chi connectivity index (χ3v) is 6.79. The molecule has 2 fully saturated rings. The summed E-state index contributed by atoms with van der Waals surface area (Å²) in [5.74, 6) is -0.247. The Bertz CT molecular complexity index is 768. The molecule has 0 aliphatic carbocycles. The van der Waals surface area contributed by atoms with Gasteiger partial charge in [-0.3, -0.25) is 9.69 Å². The van der Waals surface area contributed by atoms with E-state index in [1.807, 2.05) is 24.3 Å². The number of hydrogen-bond donors (Lipinski definition) is 1. The van der Waals surface area contributed by atoms with Crippen LogP contribution in [0.5, 0.6) is 0 Å². The van der Waals surface area contributed by atoms with Crippen LogP contribution in [0.3, 0.4) is 0 Å². The fourth-order valence-electron chi connectivity index (χ4n) is 3.78. The van der Waals surface area contributed by atoms with E-state index in [1.165, 1.54) is 4.31 Å². The van der Waals surface area contributed by atoms with E-state index in [1.54, 1.807) is 0 Å². The highest BCUT2D eigenvalue weighted by molar-refractivity contribution is 7.88. The fourth-order valence-corrected chi connectivity index (χ4v) is 5.17. The van der Waals surface area contributed by atoms with Crippen LogP contribution >= 0.6 is 11.6 Å². The first-order valence-electron chi connectivity index (χ1n) is 9.18. The molecular weight excluding hydrogens is 390 g/mol. The average molecular weight is 416 g/mol. The Balaban J connectivity index is 1.73. The maximum absolute atomic E-state index is 12.7. The van der Waals surface area contributed by atoms with Crippen LogP contribution < -0.4 is 5.32 Å². The topological polar surface area (TPSA) is 79.0 Å². The summed E-state index contributed by atoms with van der Waals surface area (Å²) in [6.45, 7) is 3.55. The molecule has 1 N–H and O–H groups in total. The van der Waals surface area contributed by atoms with E-state index < -0.39 is 16.1 Å². The number of carbonyl (C=O) groups excluding carboxylic acids is 1. The molecule has 2 atom stereocenters. The first-order chi connectivity index (χ1) is 12.9. The van der Waals surface area contributed by atoms with Gasteiger partial charge in [-0.1, -0.05) is 29.8 Å². The SMILES string of the molecule is CS(=O)(=O)N1CCCC1C(=O)NCC(c1ccccc1Cl)N1CCOCC1. The Morgan fingerprint density at radius 1 is 1.30 bits per heavy atom. The van der Waals surface area contributed by atoms with Gasteiger partial charge >= 0.3 is 0 Å². The standard InChI is InChI=1S/C18H26ClN3O4S/c1-27(24,25)22-8-4-7-16(22)18(23)20-13-17(21-9-11-26-12-10-21)14-5-2-3-6-15(14)19/h2-3,5-6,16-17H,4,7-13H2,1H3,(H,20,23). The molecule has 1 amide bonds. The highest BCUT2D eigenvalue weighted by Gasteiger charge is 2.37. The van der Waals surface area contributed by atoms with Crippen LogP contribution in [0.15, 0.2) is 24.3 Å². The minimum atomic E-state index is -3.39. The van der Waals surface area contributed by atoms with Gasteiger partial charge in [0, 0.05) is 31.2 Å². The fraction of sp³-hybridized carbons (Fsp3) is 0.611. The van der Waals surface area contributed by atoms with Crippen LogP contribution in [0.2, 0.25) is 5.02 Å². The molecule has 2 aliphatic rings. The van der Waals surface area contributed by atoms with Crippen molar-refractivity contribution >= 4 is 27.5 Å². The molecule has 3 rings (SSSR count). The van der Waals surface area contributed by atoms with Gasteiger partial charge in [-0.25, -0.2) is 8.42 Å². The van der Waals surface area contributed by atoms with Gasteiger partial charge in [0.25, 0.3) is 0 Å². The van der Waals surface area contributed by atoms with Crippen LogP contribution in [-0.4, -0.2) is 75.2 Å². The number of rotatable bonds is 6. The molecule has 0 aromatic heterocycles. The predicted octanol–water partition coefficient (Wildman–Crippen LogP) is 1.25. The van der Waals surface area contributed by atoms with Gasteiger partial charge in [0.2, 0.25) is 15.9 Å². The highest BCUT2D eigenvalue weighted by atomic mass is 35.5. The zero-order chi connectivity index (χ0) is 19.4. The first-order valence-corrected chi connectivity index (χ1v) is 11.4. The van der Waals surface area contributed by atoms with E-state index in [0.29, 0.717) is 44.2 Å². The van der Waals surface area contributed by atoms with Crippen molar-refractivity contribution < 1.29 is 17.9 Å². The van der Waals surface area contributed by atoms with Gasteiger partial charge < -0.3 is 10.1 Å². The average Bonchev–Trinajstić information content (AvgIpc) is 3.14. The van der Waals surface area contributed by atoms with Crippen molar-refractivity contribution in [2.45, 2.75) is 24.9 Å². The summed E-state index contributed by atoms with van der Waals surface area (Å²) in [4.78, 5) is 15.0. The predicted molar refractivity (Wildman–Crippen MR) is 104 cm³/mol. The van der Waals surface area contributed by atoms with Crippen LogP contribution in [0.25, 0.3) is 0 Å². The summed E-state index contributed by atoms with van der Waals surface area (Å²) in [6, 6.07) is 6.90. The number of halogens is 1. The number of amides is 1. The second-order valence-electron chi connectivity index (χ2n) is 6.96. The lowest BCUT2D eigenvalue weighted by Gasteiger charge is -2.35. The second kappa shape index (κ2) is 8.87. The summed E-state index contributed by atoms with van der Waals surface area (Å²) < 4.78 is 30.5. The zero-order valence-corrected chi connectivity index (χ0v) is 17.0. The lowest BCUT2D eigenvalue weighted by molar-refractivity contribution is -0.124. The smallest absolute Gasteiger partial charge is 0.238 e. The molecular formula is C18H26ClN3O4S. The summed E-state index contributed by atoms with van der Waals surface area (Å²) >= 11 is 6.41. The number of hydrogen-bond acceptors (Lipinski definition) is 5. The third kappa shape index (κ3) is 5.00. The van der Waals surface area contributed by atoms with Crippen molar-refractivity contribution in [2.75, 3.05) is 45.6 Å². The van der Waals surface area contributed by atoms with Crippen LogP contribution in [0.4, 0.5) is 0 Å². The van der Waals surface area contributed by atoms with E-state index in [-0.39, 0.29) is 11.9 Å². The number of nitrogens with zero attached hydrogens (tertiary/aromatic N) is 2. The number of nitrogens with one attached hydrogen (secondary N) is 1. The number of benzene rings is 1. The van der Waals surface area contributed by atoms with E-state index in [0.717, 1.165) is 24.9 Å². The van der Waals surface area contributed by atoms with E-state index in [4.69, 9.17) is 16.3 Å². The lowest BCUT2D eigenvalue weighted by atomic mass is 10.0. The number of morpholine rings is 1. The van der Waals surface area contributed by atoms with Gasteiger partial charge in [0.15, 0.2) is 0 Å². The van der Waals surface area contributed by atoms with Gasteiger partial charge in [-0.2, -0.15) is 4.31 Å². The molecule has 7 nitrogen and oxygen atoms in total. The molecule has 1 aromatic carbocycles. The molecule has 9 heteroatoms. The molecule has 0 saturated carbocycles. The maximum atomic E-state index is 12.7. The Hall–Kier alpha value is -1.19. The van der Waals surface area contributed by atoms with Crippen molar-refractivity contribution in [3.05, 3.63) is 34.9 Å². The minimum Gasteiger partial charge on any atom is -0.379 e. The molecule has 2 unspecified atom stereocenters. The monoisotopic (exact) mass is 415 g/mol. The maximum Gasteiger partial charge on any atom is 0.238 e. The Morgan fingerprint density at radius 2 is 2.00 bits per heavy atom. The van der Waals surface area contributed by atoms with E-state index in [2.05, 4.69) is 10.2 Å². The van der Waals surface area contributed by atoms with Crippen LogP contribution in [-0.2, 0) is 19.6 Å². The van der Waals surface area contributed by atoms with Gasteiger partial charge in [-0.15, -0.1) is 0 Å². The number of carbonyl (C=O) groups is 1. The van der Waals surface area contributed by atoms with Gasteiger partial charge in [-0.05, 0) is 24.5 Å². The molecule has 0 radical (unpaired) electrons. The normalized spacial score (nSPS) is 23.3. The van der Waals surface area contributed by atoms with Crippen molar-refractivity contribution in [1.82, 2.24) is 14.5 Å². The number of sulfonamides is 1. The van der Waals surface area contributed by atoms with Crippen LogP contribution in [0.1, 0.15) is 24.4 Å². The van der Waals surface area contributed by atoms with Gasteiger partial charge in [0.05, 0.1) is 25.5 Å². The molecule has 0 spiro atoms. The van der Waals surface area contributed by atoms with Crippen molar-refractivity contribution in [2.24, 2.45) is 0 Å². The van der Waals surface area contributed by atoms with Crippen molar-refractivity contribution in [1.29, 1.82) is 0 Å². The van der Waals surface area contributed by atoms with Gasteiger partial charge in [0.1, 0.15) is 6.04 Å². The second-order valence-corrected chi connectivity index (χ2v) is 9.30. The first kappa shape index (κ1) is 20.5. The molecule has 27 heavy (non-hydrogen) atoms. The van der Waals surface area contributed by atoms with Crippen molar-refractivity contribution in [3.63, 3.8) is 0 Å². The molecule has 150 valence electrons. The lowest BCUT2D eigenvalue weighted by Crippen LogP contribution is -2.49. The summed E-state index contributed by atoms with van der Waals surface area (Å²) in [6.07, 6.45) is 2.40. The highest BCUT2D eigenvalue weighted by Crippen LogP contribution is 2.28. The van der Waals surface area contributed by atoms with Crippen molar-refractivity contribution in [3.8, 4) is 0 Å².